The van der Waals surface area contributed by atoms with Crippen LogP contribution in [0.3, 0.4) is 0 Å². The number of hydrogen-bond acceptors (Lipinski definition) is 1. The van der Waals surface area contributed by atoms with Gasteiger partial charge in [0.2, 0.25) is 0 Å². The fourth-order valence-electron chi connectivity index (χ4n) is 2.38. The Labute approximate surface area is 84.6 Å². The fraction of sp³-hybridized carbons (Fsp3) is 0.800. The van der Waals surface area contributed by atoms with Gasteiger partial charge >= 0.3 is 0 Å². The van der Waals surface area contributed by atoms with Gasteiger partial charge in [-0.3, -0.25) is 0 Å². The van der Waals surface area contributed by atoms with Crippen molar-refractivity contribution in [3.05, 3.63) is 10.8 Å². The summed E-state index contributed by atoms with van der Waals surface area (Å²) in [6.07, 6.45) is 5.71. The van der Waals surface area contributed by atoms with Crippen LogP contribution in [0.2, 0.25) is 19.6 Å². The number of hydrogen-bond donors (Lipinski definition) is 0. The van der Waals surface area contributed by atoms with Gasteiger partial charge in [0.25, 0.3) is 0 Å². The van der Waals surface area contributed by atoms with Crippen LogP contribution in [0.15, 0.2) is 10.8 Å². The van der Waals surface area contributed by atoms with E-state index in [0.29, 0.717) is 0 Å². The van der Waals surface area contributed by atoms with E-state index in [2.05, 4.69) is 19.6 Å². The molecule has 1 nitrogen and oxygen atoms in total. The molecule has 2 rings (SSSR count). The molecule has 1 fully saturated rings. The minimum atomic E-state index is -1.22. The van der Waals surface area contributed by atoms with E-state index in [0.717, 1.165) is 5.92 Å². The normalized spacial score (nSPS) is 28.4. The molecule has 1 saturated carbocycles. The van der Waals surface area contributed by atoms with Crippen LogP contribution in [0.1, 0.15) is 25.7 Å². The third-order valence-corrected chi connectivity index (χ3v) is 8.28. The second kappa shape index (κ2) is 3.37. The highest BCUT2D eigenvalue weighted by molar-refractivity contribution is 6.74. The van der Waals surface area contributed by atoms with Gasteiger partial charge in [-0.15, -0.1) is 0 Å². The third-order valence-electron chi connectivity index (χ3n) is 3.10. The predicted molar refractivity (Wildman–Crippen MR) is 62.0 cm³/mol. The first-order valence-corrected chi connectivity index (χ1v) is 10.1. The predicted octanol–water partition coefficient (Wildman–Crippen LogP) is 2.38. The minimum Gasteiger partial charge on any atom is -0.457 e. The Balaban J connectivity index is 1.90. The Morgan fingerprint density at radius 1 is 1.31 bits per heavy atom. The maximum Gasteiger partial charge on any atom is 0.174 e. The van der Waals surface area contributed by atoms with Gasteiger partial charge in [-0.05, 0) is 51.2 Å². The van der Waals surface area contributed by atoms with Crippen LogP contribution in [0.5, 0.6) is 0 Å². The molecule has 0 aromatic carbocycles. The molecule has 2 aliphatic carbocycles. The van der Waals surface area contributed by atoms with Crippen LogP contribution < -0.4 is 0 Å². The van der Waals surface area contributed by atoms with E-state index < -0.39 is 8.32 Å². The highest BCUT2D eigenvalue weighted by Gasteiger charge is 2.30. The number of rotatable bonds is 3. The van der Waals surface area contributed by atoms with Crippen LogP contribution in [0.4, 0.5) is 0 Å². The fourth-order valence-corrected chi connectivity index (χ4v) is 5.86. The van der Waals surface area contributed by atoms with E-state index in [9.17, 15) is 0 Å². The number of fused-ring (bicyclic) bond motifs is 2. The van der Waals surface area contributed by atoms with Crippen molar-refractivity contribution in [2.75, 3.05) is 0 Å². The summed E-state index contributed by atoms with van der Waals surface area (Å²) in [7, 11) is -1.53. The molecule has 0 radical (unpaired) electrons. The Kier molecular flexibility index (Phi) is 2.51. The van der Waals surface area contributed by atoms with E-state index in [1.807, 2.05) is 0 Å². The van der Waals surface area contributed by atoms with E-state index in [1.54, 1.807) is 10.8 Å². The van der Waals surface area contributed by atoms with Crippen molar-refractivity contribution < 1.29 is 4.12 Å². The van der Waals surface area contributed by atoms with E-state index in [1.165, 1.54) is 25.7 Å². The average molecular weight is 212 g/mol. The summed E-state index contributed by atoms with van der Waals surface area (Å²) in [5.41, 5.74) is 1.80. The second-order valence-corrected chi connectivity index (χ2v) is 11.9. The van der Waals surface area contributed by atoms with Gasteiger partial charge in [-0.1, -0.05) is 10.8 Å². The van der Waals surface area contributed by atoms with Gasteiger partial charge in [0.1, 0.15) is 0 Å². The molecule has 1 atom stereocenters. The van der Waals surface area contributed by atoms with Gasteiger partial charge in [0, 0.05) is 0 Å². The molecule has 3 heteroatoms. The van der Waals surface area contributed by atoms with Gasteiger partial charge in [0.05, 0.1) is 0 Å². The molecule has 2 aliphatic rings. The summed E-state index contributed by atoms with van der Waals surface area (Å²) >= 11 is 0. The maximum atomic E-state index is 6.09. The zero-order valence-corrected chi connectivity index (χ0v) is 11.4. The Bertz CT molecular complexity index is 240. The van der Waals surface area contributed by atoms with E-state index in [-0.39, 0.29) is 9.76 Å². The van der Waals surface area contributed by atoms with Crippen LogP contribution >= 0.6 is 0 Å². The average Bonchev–Trinajstić information content (AvgIpc) is 2.58. The minimum absolute atomic E-state index is 0.303. The van der Waals surface area contributed by atoms with Crippen LogP contribution in [-0.4, -0.2) is 18.1 Å². The maximum absolute atomic E-state index is 6.09. The highest BCUT2D eigenvalue weighted by Crippen LogP contribution is 2.43. The Hall–Kier alpha value is 0.134. The van der Waals surface area contributed by atoms with Crippen LogP contribution in [-0.2, 0) is 4.12 Å². The van der Waals surface area contributed by atoms with Crippen molar-refractivity contribution in [3.63, 3.8) is 0 Å². The second-order valence-electron chi connectivity index (χ2n) is 5.42. The lowest BCUT2D eigenvalue weighted by atomic mass is 10.1. The first kappa shape index (κ1) is 9.68. The SMILES string of the molecule is C[Si](C)(C)O[SiH2]C1=C2CCC(C2)C1. The van der Waals surface area contributed by atoms with Gasteiger partial charge in [0.15, 0.2) is 18.1 Å². The van der Waals surface area contributed by atoms with Crippen molar-refractivity contribution >= 4 is 18.1 Å². The zero-order chi connectivity index (χ0) is 9.47. The lowest BCUT2D eigenvalue weighted by molar-refractivity contribution is 0.557. The molecule has 0 aromatic heterocycles. The van der Waals surface area contributed by atoms with Crippen molar-refractivity contribution in [1.82, 2.24) is 0 Å². The molecular weight excluding hydrogens is 192 g/mol. The van der Waals surface area contributed by atoms with Gasteiger partial charge in [-0.25, -0.2) is 0 Å². The Morgan fingerprint density at radius 3 is 2.54 bits per heavy atom. The van der Waals surface area contributed by atoms with E-state index >= 15 is 0 Å². The molecule has 0 N–H and O–H groups in total. The molecular formula is C10H20OSi2. The lowest BCUT2D eigenvalue weighted by Crippen LogP contribution is -2.28. The Morgan fingerprint density at radius 2 is 2.08 bits per heavy atom. The summed E-state index contributed by atoms with van der Waals surface area (Å²) < 4.78 is 6.09. The molecule has 13 heavy (non-hydrogen) atoms. The largest absolute Gasteiger partial charge is 0.457 e. The van der Waals surface area contributed by atoms with Crippen LogP contribution in [0, 0.1) is 5.92 Å². The standard InChI is InChI=1S/C10H20OSi2/c1-13(2,3)11-12-10-7-8-4-5-9(10)6-8/h8H,4-7,12H2,1-3H3. The van der Waals surface area contributed by atoms with Crippen molar-refractivity contribution in [1.29, 1.82) is 0 Å². The zero-order valence-electron chi connectivity index (χ0n) is 9.02. The molecule has 0 saturated heterocycles. The molecule has 0 heterocycles. The summed E-state index contributed by atoms with van der Waals surface area (Å²) in [6, 6.07) is 0. The van der Waals surface area contributed by atoms with Crippen molar-refractivity contribution in [2.24, 2.45) is 5.92 Å². The van der Waals surface area contributed by atoms with Crippen molar-refractivity contribution in [2.45, 2.75) is 45.3 Å². The van der Waals surface area contributed by atoms with Crippen LogP contribution in [0.25, 0.3) is 0 Å². The van der Waals surface area contributed by atoms with E-state index in [4.69, 9.17) is 4.12 Å². The molecule has 0 spiro atoms. The lowest BCUT2D eigenvalue weighted by Gasteiger charge is -2.20. The quantitative estimate of drug-likeness (QED) is 0.653. The number of allylic oxidation sites excluding steroid dienone is 2. The third kappa shape index (κ3) is 2.33. The van der Waals surface area contributed by atoms with Crippen molar-refractivity contribution in [3.8, 4) is 0 Å². The molecule has 0 amide bonds. The summed E-state index contributed by atoms with van der Waals surface area (Å²) in [4.78, 5) is 0. The summed E-state index contributed by atoms with van der Waals surface area (Å²) in [5, 5.41) is 1.79. The highest BCUT2D eigenvalue weighted by atomic mass is 28.4. The smallest absolute Gasteiger partial charge is 0.174 e. The molecule has 0 aromatic rings. The van der Waals surface area contributed by atoms with Gasteiger partial charge < -0.3 is 4.12 Å². The molecule has 1 unspecified atom stereocenters. The molecule has 74 valence electrons. The summed E-state index contributed by atoms with van der Waals surface area (Å²) in [6.45, 7) is 6.91. The topological polar surface area (TPSA) is 9.23 Å². The first-order chi connectivity index (χ1) is 6.04. The molecule has 0 aliphatic heterocycles. The van der Waals surface area contributed by atoms with Gasteiger partial charge in [-0.2, -0.15) is 0 Å². The monoisotopic (exact) mass is 212 g/mol. The molecule has 2 bridgehead atoms. The summed E-state index contributed by atoms with van der Waals surface area (Å²) in [5.74, 6) is 1.03. The first-order valence-electron chi connectivity index (χ1n) is 5.38.